The van der Waals surface area contributed by atoms with E-state index in [0.29, 0.717) is 22.3 Å². The highest BCUT2D eigenvalue weighted by Gasteiger charge is 2.18. The van der Waals surface area contributed by atoms with Gasteiger partial charge in [-0.1, -0.05) is 11.6 Å². The van der Waals surface area contributed by atoms with Gasteiger partial charge in [0, 0.05) is 16.8 Å². The standard InChI is InChI=1S/C13H11ClN2O2S/c14-10-3-8(4-11-13(10)18-7-17-11)6-19-9-1-2-12(15)16-5-9/h1-5H,6-7H2,(H2,15,16). The third-order valence-electron chi connectivity index (χ3n) is 2.65. The lowest BCUT2D eigenvalue weighted by Gasteiger charge is -2.05. The van der Waals surface area contributed by atoms with Crippen molar-refractivity contribution in [2.75, 3.05) is 12.5 Å². The number of ether oxygens (including phenoxy) is 2. The predicted molar refractivity (Wildman–Crippen MR) is 75.8 cm³/mol. The van der Waals surface area contributed by atoms with E-state index in [4.69, 9.17) is 26.8 Å². The fourth-order valence-electron chi connectivity index (χ4n) is 1.75. The number of halogens is 1. The Balaban J connectivity index is 1.73. The smallest absolute Gasteiger partial charge is 0.231 e. The van der Waals surface area contributed by atoms with Crippen LogP contribution in [-0.2, 0) is 5.75 Å². The molecule has 3 rings (SSSR count). The molecule has 19 heavy (non-hydrogen) atoms. The Labute approximate surface area is 119 Å². The molecule has 1 aliphatic heterocycles. The van der Waals surface area contributed by atoms with Crippen molar-refractivity contribution in [2.45, 2.75) is 10.6 Å². The van der Waals surface area contributed by atoms with E-state index in [9.17, 15) is 0 Å². The molecule has 6 heteroatoms. The number of nitrogen functional groups attached to an aromatic ring is 1. The molecule has 0 amide bonds. The van der Waals surface area contributed by atoms with Crippen LogP contribution in [0.25, 0.3) is 0 Å². The topological polar surface area (TPSA) is 57.4 Å². The Morgan fingerprint density at radius 3 is 3.00 bits per heavy atom. The molecule has 0 saturated heterocycles. The maximum atomic E-state index is 6.13. The molecule has 0 aliphatic carbocycles. The van der Waals surface area contributed by atoms with Crippen molar-refractivity contribution in [1.29, 1.82) is 0 Å². The first-order valence-corrected chi connectivity index (χ1v) is 7.01. The van der Waals surface area contributed by atoms with Crippen LogP contribution in [0, 0.1) is 0 Å². The number of rotatable bonds is 3. The quantitative estimate of drug-likeness (QED) is 0.880. The number of fused-ring (bicyclic) bond motifs is 1. The van der Waals surface area contributed by atoms with Gasteiger partial charge in [-0.25, -0.2) is 4.98 Å². The first-order valence-electron chi connectivity index (χ1n) is 5.65. The van der Waals surface area contributed by atoms with Crippen molar-refractivity contribution in [3.05, 3.63) is 41.0 Å². The number of hydrogen-bond acceptors (Lipinski definition) is 5. The van der Waals surface area contributed by atoms with E-state index in [1.807, 2.05) is 18.2 Å². The van der Waals surface area contributed by atoms with Crippen LogP contribution >= 0.6 is 23.4 Å². The summed E-state index contributed by atoms with van der Waals surface area (Å²) in [6.07, 6.45) is 1.76. The molecule has 4 nitrogen and oxygen atoms in total. The van der Waals surface area contributed by atoms with Crippen LogP contribution in [0.1, 0.15) is 5.56 Å². The van der Waals surface area contributed by atoms with E-state index < -0.39 is 0 Å². The molecule has 1 aromatic heterocycles. The average Bonchev–Trinajstić information content (AvgIpc) is 2.87. The minimum atomic E-state index is 0.230. The number of anilines is 1. The van der Waals surface area contributed by atoms with Crippen molar-refractivity contribution in [3.63, 3.8) is 0 Å². The zero-order valence-corrected chi connectivity index (χ0v) is 11.5. The highest BCUT2D eigenvalue weighted by Crippen LogP contribution is 2.40. The molecule has 0 radical (unpaired) electrons. The molecule has 2 heterocycles. The molecule has 98 valence electrons. The summed E-state index contributed by atoms with van der Waals surface area (Å²) in [6, 6.07) is 7.58. The lowest BCUT2D eigenvalue weighted by atomic mass is 10.2. The van der Waals surface area contributed by atoms with Gasteiger partial charge in [0.05, 0.1) is 5.02 Å². The molecule has 0 unspecified atom stereocenters. The Morgan fingerprint density at radius 2 is 2.21 bits per heavy atom. The zero-order chi connectivity index (χ0) is 13.2. The number of nitrogens with zero attached hydrogens (tertiary/aromatic N) is 1. The largest absolute Gasteiger partial charge is 0.454 e. The Hall–Kier alpha value is -1.59. The summed E-state index contributed by atoms with van der Waals surface area (Å²) in [5.74, 6) is 2.64. The first-order chi connectivity index (χ1) is 9.22. The fourth-order valence-corrected chi connectivity index (χ4v) is 2.83. The molecule has 2 N–H and O–H groups in total. The van der Waals surface area contributed by atoms with Gasteiger partial charge in [0.25, 0.3) is 0 Å². The van der Waals surface area contributed by atoms with Gasteiger partial charge in [0.15, 0.2) is 11.5 Å². The van der Waals surface area contributed by atoms with E-state index in [1.165, 1.54) is 0 Å². The number of hydrogen-bond donors (Lipinski definition) is 1. The van der Waals surface area contributed by atoms with Crippen LogP contribution in [0.15, 0.2) is 35.4 Å². The van der Waals surface area contributed by atoms with Gasteiger partial charge in [-0.2, -0.15) is 0 Å². The first kappa shape index (κ1) is 12.4. The minimum absolute atomic E-state index is 0.230. The number of pyridine rings is 1. The second kappa shape index (κ2) is 5.19. The van der Waals surface area contributed by atoms with Gasteiger partial charge in [-0.15, -0.1) is 11.8 Å². The summed E-state index contributed by atoms with van der Waals surface area (Å²) >= 11 is 7.80. The van der Waals surface area contributed by atoms with Gasteiger partial charge in [-0.05, 0) is 29.8 Å². The summed E-state index contributed by atoms with van der Waals surface area (Å²) < 4.78 is 10.6. The maximum Gasteiger partial charge on any atom is 0.231 e. The van der Waals surface area contributed by atoms with Crippen LogP contribution in [0.4, 0.5) is 5.82 Å². The molecule has 0 saturated carbocycles. The third-order valence-corrected chi connectivity index (χ3v) is 3.98. The van der Waals surface area contributed by atoms with E-state index in [2.05, 4.69) is 4.98 Å². The fraction of sp³-hybridized carbons (Fsp3) is 0.154. The summed E-state index contributed by atoms with van der Waals surface area (Å²) in [6.45, 7) is 0.230. The van der Waals surface area contributed by atoms with E-state index >= 15 is 0 Å². The van der Waals surface area contributed by atoms with Crippen molar-refractivity contribution >= 4 is 29.2 Å². The Bertz CT molecular complexity index is 604. The molecule has 1 aromatic carbocycles. The SMILES string of the molecule is Nc1ccc(SCc2cc(Cl)c3c(c2)OCO3)cn1. The van der Waals surface area contributed by atoms with Crippen molar-refractivity contribution in [3.8, 4) is 11.5 Å². The van der Waals surface area contributed by atoms with Gasteiger partial charge in [0.2, 0.25) is 6.79 Å². The van der Waals surface area contributed by atoms with Gasteiger partial charge < -0.3 is 15.2 Å². The number of aromatic nitrogens is 1. The molecule has 1 aliphatic rings. The third kappa shape index (κ3) is 2.72. The van der Waals surface area contributed by atoms with Gasteiger partial charge in [0.1, 0.15) is 5.82 Å². The monoisotopic (exact) mass is 294 g/mol. The summed E-state index contributed by atoms with van der Waals surface area (Å²) in [4.78, 5) is 5.11. The van der Waals surface area contributed by atoms with Crippen molar-refractivity contribution in [1.82, 2.24) is 4.98 Å². The molecular weight excluding hydrogens is 284 g/mol. The number of benzene rings is 1. The highest BCUT2D eigenvalue weighted by molar-refractivity contribution is 7.98. The van der Waals surface area contributed by atoms with Crippen LogP contribution in [0.5, 0.6) is 11.5 Å². The summed E-state index contributed by atoms with van der Waals surface area (Å²) in [5, 5.41) is 0.584. The Morgan fingerprint density at radius 1 is 1.32 bits per heavy atom. The van der Waals surface area contributed by atoms with Crippen LogP contribution in [-0.4, -0.2) is 11.8 Å². The van der Waals surface area contributed by atoms with E-state index in [0.717, 1.165) is 16.2 Å². The van der Waals surface area contributed by atoms with Crippen LogP contribution in [0.3, 0.4) is 0 Å². The number of nitrogens with two attached hydrogens (primary N) is 1. The number of thioether (sulfide) groups is 1. The van der Waals surface area contributed by atoms with Crippen LogP contribution in [0.2, 0.25) is 5.02 Å². The molecule has 0 spiro atoms. The van der Waals surface area contributed by atoms with E-state index in [1.54, 1.807) is 24.0 Å². The van der Waals surface area contributed by atoms with Crippen molar-refractivity contribution in [2.24, 2.45) is 0 Å². The molecule has 0 bridgehead atoms. The summed E-state index contributed by atoms with van der Waals surface area (Å²) in [5.41, 5.74) is 6.63. The lowest BCUT2D eigenvalue weighted by Crippen LogP contribution is -1.93. The summed E-state index contributed by atoms with van der Waals surface area (Å²) in [7, 11) is 0. The van der Waals surface area contributed by atoms with Crippen molar-refractivity contribution < 1.29 is 9.47 Å². The zero-order valence-electron chi connectivity index (χ0n) is 9.93. The minimum Gasteiger partial charge on any atom is -0.454 e. The van der Waals surface area contributed by atoms with Crippen LogP contribution < -0.4 is 15.2 Å². The normalized spacial score (nSPS) is 12.7. The average molecular weight is 295 g/mol. The lowest BCUT2D eigenvalue weighted by molar-refractivity contribution is 0.174. The molecule has 0 fully saturated rings. The molecule has 2 aromatic rings. The molecular formula is C13H11ClN2O2S. The Kier molecular flexibility index (Phi) is 3.40. The second-order valence-electron chi connectivity index (χ2n) is 4.02. The van der Waals surface area contributed by atoms with Gasteiger partial charge >= 0.3 is 0 Å². The molecule has 0 atom stereocenters. The van der Waals surface area contributed by atoms with E-state index in [-0.39, 0.29) is 6.79 Å². The highest BCUT2D eigenvalue weighted by atomic mass is 35.5. The van der Waals surface area contributed by atoms with Gasteiger partial charge in [-0.3, -0.25) is 0 Å². The second-order valence-corrected chi connectivity index (χ2v) is 5.47. The predicted octanol–water partition coefficient (Wildman–Crippen LogP) is 3.34. The maximum absolute atomic E-state index is 6.13.